The first-order chi connectivity index (χ1) is 8.09. The van der Waals surface area contributed by atoms with E-state index in [2.05, 4.69) is 9.98 Å². The molecule has 2 rings (SSSR count). The molecule has 0 aliphatic carbocycles. The Morgan fingerprint density at radius 3 is 2.76 bits per heavy atom. The first-order valence-corrected chi connectivity index (χ1v) is 5.63. The Balaban J connectivity index is 2.45. The summed E-state index contributed by atoms with van der Waals surface area (Å²) < 4.78 is 0.644. The molecule has 17 heavy (non-hydrogen) atoms. The minimum atomic E-state index is -0.0795. The third-order valence-corrected chi connectivity index (χ3v) is 2.99. The lowest BCUT2D eigenvalue weighted by atomic mass is 10.5. The van der Waals surface area contributed by atoms with Crippen LogP contribution in [0.4, 0.5) is 17.5 Å². The van der Waals surface area contributed by atoms with Crippen molar-refractivity contribution in [3.63, 3.8) is 0 Å². The second kappa shape index (κ2) is 4.34. The fraction of sp³-hybridized carbons (Fsp3) is 0.111. The first kappa shape index (κ1) is 11.3. The van der Waals surface area contributed by atoms with Gasteiger partial charge in [-0.15, -0.1) is 16.1 Å². The Morgan fingerprint density at radius 2 is 2.12 bits per heavy atom. The minimum Gasteiger partial charge on any atom is -0.425 e. The van der Waals surface area contributed by atoms with Gasteiger partial charge in [-0.1, -0.05) is 6.07 Å². The molecule has 0 bridgehead atoms. The van der Waals surface area contributed by atoms with Gasteiger partial charge in [0.15, 0.2) is 17.5 Å². The Labute approximate surface area is 101 Å². The summed E-state index contributed by atoms with van der Waals surface area (Å²) >= 11 is 1.56. The Kier molecular flexibility index (Phi) is 2.88. The van der Waals surface area contributed by atoms with E-state index < -0.39 is 0 Å². The number of rotatable bonds is 2. The number of thiophene rings is 1. The summed E-state index contributed by atoms with van der Waals surface area (Å²) in [5.74, 6) is -0.0695. The molecule has 8 heteroatoms. The highest BCUT2D eigenvalue weighted by Gasteiger charge is 2.07. The SMILES string of the molecule is Nc1nc(N)c(=NCc2cccs2)n(O)c1N. The molecular weight excluding hydrogens is 240 g/mol. The highest BCUT2D eigenvalue weighted by molar-refractivity contribution is 7.09. The predicted molar refractivity (Wildman–Crippen MR) is 66.2 cm³/mol. The van der Waals surface area contributed by atoms with Crippen LogP contribution in [0.2, 0.25) is 0 Å². The number of hydrogen-bond donors (Lipinski definition) is 4. The Bertz CT molecular complexity index is 588. The summed E-state index contributed by atoms with van der Waals surface area (Å²) in [4.78, 5) is 8.98. The third kappa shape index (κ3) is 2.16. The van der Waals surface area contributed by atoms with Crippen LogP contribution in [-0.4, -0.2) is 14.9 Å². The van der Waals surface area contributed by atoms with Gasteiger partial charge >= 0.3 is 0 Å². The summed E-state index contributed by atoms with van der Waals surface area (Å²) in [6.45, 7) is 0.396. The summed E-state index contributed by atoms with van der Waals surface area (Å²) in [5, 5.41) is 11.6. The van der Waals surface area contributed by atoms with E-state index in [-0.39, 0.29) is 22.9 Å². The zero-order chi connectivity index (χ0) is 12.4. The van der Waals surface area contributed by atoms with E-state index in [1.54, 1.807) is 11.3 Å². The van der Waals surface area contributed by atoms with Crippen LogP contribution >= 0.6 is 11.3 Å². The normalized spacial score (nSPS) is 11.9. The predicted octanol–water partition coefficient (Wildman–Crippen LogP) is 0.0294. The highest BCUT2D eigenvalue weighted by atomic mass is 32.1. The largest absolute Gasteiger partial charge is 0.425 e. The molecule has 0 aromatic carbocycles. The number of nitrogens with two attached hydrogens (primary N) is 3. The van der Waals surface area contributed by atoms with Gasteiger partial charge in [0.25, 0.3) is 0 Å². The summed E-state index contributed by atoms with van der Waals surface area (Å²) in [5.41, 5.74) is 16.7. The molecule has 2 aromatic heterocycles. The maximum Gasteiger partial charge on any atom is 0.208 e. The van der Waals surface area contributed by atoms with Gasteiger partial charge in [-0.25, -0.2) is 4.98 Å². The van der Waals surface area contributed by atoms with Crippen molar-refractivity contribution in [2.75, 3.05) is 17.2 Å². The van der Waals surface area contributed by atoms with Gasteiger partial charge in [-0.2, -0.15) is 0 Å². The van der Waals surface area contributed by atoms with Crippen LogP contribution in [0.5, 0.6) is 0 Å². The zero-order valence-electron chi connectivity index (χ0n) is 8.87. The molecule has 0 amide bonds. The molecule has 0 aliphatic rings. The highest BCUT2D eigenvalue weighted by Crippen LogP contribution is 2.10. The molecule has 2 heterocycles. The van der Waals surface area contributed by atoms with Gasteiger partial charge in [-0.3, -0.25) is 4.99 Å². The number of hydrogen-bond acceptors (Lipinski definition) is 7. The molecule has 2 aromatic rings. The van der Waals surface area contributed by atoms with E-state index in [9.17, 15) is 5.21 Å². The third-order valence-electron chi connectivity index (χ3n) is 2.13. The second-order valence-corrected chi connectivity index (χ2v) is 4.33. The smallest absolute Gasteiger partial charge is 0.208 e. The molecule has 0 fully saturated rings. The van der Waals surface area contributed by atoms with Gasteiger partial charge < -0.3 is 22.4 Å². The van der Waals surface area contributed by atoms with Crippen LogP contribution < -0.4 is 22.7 Å². The molecular formula is C9H12N6OS. The Hall–Kier alpha value is -2.22. The van der Waals surface area contributed by atoms with Gasteiger partial charge in [0.1, 0.15) is 0 Å². The van der Waals surface area contributed by atoms with Crippen LogP contribution in [0.3, 0.4) is 0 Å². The quantitative estimate of drug-likeness (QED) is 0.560. The molecule has 7 nitrogen and oxygen atoms in total. The van der Waals surface area contributed by atoms with Crippen molar-refractivity contribution in [1.82, 2.24) is 9.71 Å². The van der Waals surface area contributed by atoms with Crippen LogP contribution in [0.25, 0.3) is 0 Å². The lowest BCUT2D eigenvalue weighted by molar-refractivity contribution is 0.178. The van der Waals surface area contributed by atoms with Crippen LogP contribution in [0.15, 0.2) is 22.5 Å². The Morgan fingerprint density at radius 1 is 1.35 bits per heavy atom. The van der Waals surface area contributed by atoms with Gasteiger partial charge in [0, 0.05) is 4.88 Å². The average Bonchev–Trinajstić information content (AvgIpc) is 2.79. The minimum absolute atomic E-state index is 0.0277. The lowest BCUT2D eigenvalue weighted by Gasteiger charge is -2.07. The molecule has 0 spiro atoms. The standard InChI is InChI=1S/C9H12N6OS/c10-6-8(12)15(16)9(7(11)14-6)13-4-5-2-1-3-17-5/h1-3,16H,4,10,12H2,(H2,11,14). The summed E-state index contributed by atoms with van der Waals surface area (Å²) in [6.07, 6.45) is 0. The maximum absolute atomic E-state index is 9.69. The lowest BCUT2D eigenvalue weighted by Crippen LogP contribution is -2.28. The van der Waals surface area contributed by atoms with Crippen molar-refractivity contribution in [3.8, 4) is 0 Å². The second-order valence-electron chi connectivity index (χ2n) is 3.30. The van der Waals surface area contributed by atoms with Crippen molar-refractivity contribution < 1.29 is 5.21 Å². The van der Waals surface area contributed by atoms with E-state index in [4.69, 9.17) is 17.2 Å². The molecule has 90 valence electrons. The van der Waals surface area contributed by atoms with Gasteiger partial charge in [0.2, 0.25) is 5.49 Å². The van der Waals surface area contributed by atoms with Crippen LogP contribution in [0.1, 0.15) is 4.88 Å². The number of nitrogens with zero attached hydrogens (tertiary/aromatic N) is 3. The van der Waals surface area contributed by atoms with Crippen molar-refractivity contribution >= 4 is 28.8 Å². The molecule has 0 saturated carbocycles. The van der Waals surface area contributed by atoms with Crippen molar-refractivity contribution in [1.29, 1.82) is 0 Å². The number of nitrogen functional groups attached to an aromatic ring is 3. The van der Waals surface area contributed by atoms with E-state index in [1.165, 1.54) is 0 Å². The van der Waals surface area contributed by atoms with Gasteiger partial charge in [-0.05, 0) is 11.4 Å². The molecule has 0 unspecified atom stereocenters. The topological polar surface area (TPSA) is 128 Å². The summed E-state index contributed by atoms with van der Waals surface area (Å²) in [6, 6.07) is 3.85. The van der Waals surface area contributed by atoms with E-state index in [0.29, 0.717) is 11.3 Å². The fourth-order valence-corrected chi connectivity index (χ4v) is 1.90. The first-order valence-electron chi connectivity index (χ1n) is 4.75. The molecule has 0 radical (unpaired) electrons. The van der Waals surface area contributed by atoms with E-state index in [0.717, 1.165) is 4.88 Å². The van der Waals surface area contributed by atoms with Gasteiger partial charge in [0.05, 0.1) is 6.54 Å². The van der Waals surface area contributed by atoms with E-state index in [1.807, 2.05) is 17.5 Å². The number of aromatic nitrogens is 2. The van der Waals surface area contributed by atoms with Crippen LogP contribution in [0, 0.1) is 0 Å². The fourth-order valence-electron chi connectivity index (χ4n) is 1.27. The maximum atomic E-state index is 9.69. The molecule has 0 saturated heterocycles. The van der Waals surface area contributed by atoms with Crippen molar-refractivity contribution in [3.05, 3.63) is 27.9 Å². The van der Waals surface area contributed by atoms with E-state index >= 15 is 0 Å². The molecule has 7 N–H and O–H groups in total. The average molecular weight is 252 g/mol. The van der Waals surface area contributed by atoms with Crippen molar-refractivity contribution in [2.45, 2.75) is 6.54 Å². The number of anilines is 3. The summed E-state index contributed by atoms with van der Waals surface area (Å²) in [7, 11) is 0. The monoisotopic (exact) mass is 252 g/mol. The zero-order valence-corrected chi connectivity index (χ0v) is 9.68. The molecule has 0 atom stereocenters. The van der Waals surface area contributed by atoms with Crippen molar-refractivity contribution in [2.24, 2.45) is 4.99 Å². The van der Waals surface area contributed by atoms with Crippen LogP contribution in [-0.2, 0) is 6.54 Å². The molecule has 0 aliphatic heterocycles.